The van der Waals surface area contributed by atoms with Gasteiger partial charge in [0.1, 0.15) is 6.10 Å². The molecule has 130 valence electrons. The summed E-state index contributed by atoms with van der Waals surface area (Å²) in [5.41, 5.74) is 1.12. The number of Topliss-reactive ketones (excluding diaryl/α,β-unsaturated/α-hetero) is 1. The van der Waals surface area contributed by atoms with Crippen molar-refractivity contribution in [1.29, 1.82) is 0 Å². The fraction of sp³-hybridized carbons (Fsp3) is 0.412. The van der Waals surface area contributed by atoms with E-state index in [0.29, 0.717) is 11.3 Å². The molecular formula is C17H22N2O5. The normalized spacial score (nSPS) is 11.3. The highest BCUT2D eigenvalue weighted by Crippen LogP contribution is 2.17. The molecule has 0 radical (unpaired) electrons. The van der Waals surface area contributed by atoms with Gasteiger partial charge in [0, 0.05) is 32.0 Å². The van der Waals surface area contributed by atoms with Crippen molar-refractivity contribution in [3.63, 3.8) is 0 Å². The summed E-state index contributed by atoms with van der Waals surface area (Å²) in [6.45, 7) is 5.66. The summed E-state index contributed by atoms with van der Waals surface area (Å²) in [5.74, 6) is -1.07. The molecule has 0 aromatic heterocycles. The van der Waals surface area contributed by atoms with Gasteiger partial charge in [0.2, 0.25) is 11.8 Å². The second-order valence-electron chi connectivity index (χ2n) is 5.40. The molecule has 0 aliphatic carbocycles. The molecule has 1 rings (SSSR count). The molecule has 0 heterocycles. The predicted octanol–water partition coefficient (Wildman–Crippen LogP) is 1.31. The number of amides is 2. The summed E-state index contributed by atoms with van der Waals surface area (Å²) in [5, 5.41) is 2.57. The van der Waals surface area contributed by atoms with Crippen LogP contribution >= 0.6 is 0 Å². The van der Waals surface area contributed by atoms with Crippen LogP contribution in [0.4, 0.5) is 5.69 Å². The number of benzene rings is 1. The zero-order valence-corrected chi connectivity index (χ0v) is 14.3. The maximum Gasteiger partial charge on any atom is 0.303 e. The molecule has 0 fully saturated rings. The van der Waals surface area contributed by atoms with Crippen LogP contribution in [0.25, 0.3) is 0 Å². The number of rotatable bonds is 7. The Hall–Kier alpha value is -2.70. The second-order valence-corrected chi connectivity index (χ2v) is 5.40. The van der Waals surface area contributed by atoms with Crippen molar-refractivity contribution >= 4 is 29.3 Å². The number of hydrogen-bond donors (Lipinski definition) is 1. The Morgan fingerprint density at radius 3 is 2.04 bits per heavy atom. The lowest BCUT2D eigenvalue weighted by atomic mass is 10.1. The molecule has 0 spiro atoms. The zero-order valence-electron chi connectivity index (χ0n) is 14.3. The van der Waals surface area contributed by atoms with Gasteiger partial charge in [-0.1, -0.05) is 0 Å². The van der Waals surface area contributed by atoms with Crippen LogP contribution in [-0.4, -0.2) is 42.8 Å². The molecule has 1 atom stereocenters. The second kappa shape index (κ2) is 8.81. The van der Waals surface area contributed by atoms with E-state index in [4.69, 9.17) is 4.74 Å². The van der Waals surface area contributed by atoms with Gasteiger partial charge in [-0.15, -0.1) is 0 Å². The van der Waals surface area contributed by atoms with E-state index in [9.17, 15) is 19.2 Å². The minimum atomic E-state index is -0.678. The SMILES string of the molecule is CC(=O)NCC(CN(C(C)=O)c1ccc(C(C)=O)cc1)OC(C)=O. The smallest absolute Gasteiger partial charge is 0.303 e. The van der Waals surface area contributed by atoms with Crippen molar-refractivity contribution < 1.29 is 23.9 Å². The van der Waals surface area contributed by atoms with Crippen LogP contribution in [-0.2, 0) is 19.1 Å². The van der Waals surface area contributed by atoms with Crippen molar-refractivity contribution in [2.75, 3.05) is 18.0 Å². The van der Waals surface area contributed by atoms with Crippen molar-refractivity contribution in [3.05, 3.63) is 29.8 Å². The van der Waals surface area contributed by atoms with Gasteiger partial charge in [-0.2, -0.15) is 0 Å². The van der Waals surface area contributed by atoms with Crippen molar-refractivity contribution in [2.24, 2.45) is 0 Å². The quantitative estimate of drug-likeness (QED) is 0.599. The molecule has 0 saturated carbocycles. The molecule has 7 nitrogen and oxygen atoms in total. The molecule has 1 unspecified atom stereocenters. The van der Waals surface area contributed by atoms with Crippen LogP contribution in [0, 0.1) is 0 Å². The summed E-state index contributed by atoms with van der Waals surface area (Å²) in [4.78, 5) is 47.0. The Morgan fingerprint density at radius 2 is 1.62 bits per heavy atom. The van der Waals surface area contributed by atoms with E-state index >= 15 is 0 Å². The van der Waals surface area contributed by atoms with Crippen LogP contribution in [0.1, 0.15) is 38.1 Å². The standard InChI is InChI=1S/C17H22N2O5/c1-11(20)15-5-7-16(8-6-15)19(13(3)22)10-17(24-14(4)23)9-18-12(2)21/h5-8,17H,9-10H2,1-4H3,(H,18,21). The van der Waals surface area contributed by atoms with Crippen LogP contribution in [0.2, 0.25) is 0 Å². The third kappa shape index (κ3) is 6.20. The molecule has 0 bridgehead atoms. The zero-order chi connectivity index (χ0) is 18.3. The van der Waals surface area contributed by atoms with Crippen LogP contribution < -0.4 is 10.2 Å². The molecule has 1 aromatic rings. The summed E-state index contributed by atoms with van der Waals surface area (Å²) >= 11 is 0. The van der Waals surface area contributed by atoms with Gasteiger partial charge in [0.15, 0.2) is 5.78 Å². The highest BCUT2D eigenvalue weighted by molar-refractivity contribution is 5.96. The molecule has 0 aliphatic rings. The lowest BCUT2D eigenvalue weighted by molar-refractivity contribution is -0.146. The average Bonchev–Trinajstić information content (AvgIpc) is 2.49. The van der Waals surface area contributed by atoms with Crippen molar-refractivity contribution in [2.45, 2.75) is 33.8 Å². The average molecular weight is 334 g/mol. The number of carbonyl (C=O) groups excluding carboxylic acids is 4. The van der Waals surface area contributed by atoms with Crippen LogP contribution in [0.3, 0.4) is 0 Å². The van der Waals surface area contributed by atoms with Crippen molar-refractivity contribution in [3.8, 4) is 0 Å². The maximum absolute atomic E-state index is 12.0. The number of ketones is 1. The topological polar surface area (TPSA) is 92.8 Å². The Labute approximate surface area is 141 Å². The number of ether oxygens (including phenoxy) is 1. The van der Waals surface area contributed by atoms with Gasteiger partial charge in [-0.3, -0.25) is 19.2 Å². The first kappa shape index (κ1) is 19.3. The predicted molar refractivity (Wildman–Crippen MR) is 88.7 cm³/mol. The number of esters is 1. The molecule has 2 amide bonds. The lowest BCUT2D eigenvalue weighted by Crippen LogP contribution is -2.43. The molecule has 0 aliphatic heterocycles. The van der Waals surface area contributed by atoms with Gasteiger partial charge >= 0.3 is 5.97 Å². The van der Waals surface area contributed by atoms with Crippen molar-refractivity contribution in [1.82, 2.24) is 5.32 Å². The fourth-order valence-corrected chi connectivity index (χ4v) is 2.13. The number of carbonyl (C=O) groups is 4. The fourth-order valence-electron chi connectivity index (χ4n) is 2.13. The van der Waals surface area contributed by atoms with Crippen LogP contribution in [0.15, 0.2) is 24.3 Å². The van der Waals surface area contributed by atoms with E-state index in [2.05, 4.69) is 5.32 Å². The van der Waals surface area contributed by atoms with Gasteiger partial charge in [0.05, 0.1) is 13.1 Å². The van der Waals surface area contributed by atoms with Gasteiger partial charge in [0.25, 0.3) is 0 Å². The lowest BCUT2D eigenvalue weighted by Gasteiger charge is -2.26. The molecule has 7 heteroatoms. The summed E-state index contributed by atoms with van der Waals surface area (Å²) < 4.78 is 5.16. The molecule has 24 heavy (non-hydrogen) atoms. The highest BCUT2D eigenvalue weighted by Gasteiger charge is 2.21. The first-order chi connectivity index (χ1) is 11.2. The molecular weight excluding hydrogens is 312 g/mol. The Bertz CT molecular complexity index is 624. The van der Waals surface area contributed by atoms with E-state index in [1.165, 1.54) is 32.6 Å². The number of anilines is 1. The molecule has 1 aromatic carbocycles. The first-order valence-electron chi connectivity index (χ1n) is 7.51. The number of nitrogens with one attached hydrogen (secondary N) is 1. The summed E-state index contributed by atoms with van der Waals surface area (Å²) in [7, 11) is 0. The minimum absolute atomic E-state index is 0.0700. The van der Waals surface area contributed by atoms with E-state index in [1.807, 2.05) is 0 Å². The van der Waals surface area contributed by atoms with Gasteiger partial charge in [-0.05, 0) is 31.2 Å². The summed E-state index contributed by atoms with van der Waals surface area (Å²) in [6.07, 6.45) is -0.678. The number of hydrogen-bond acceptors (Lipinski definition) is 5. The monoisotopic (exact) mass is 334 g/mol. The van der Waals surface area contributed by atoms with E-state index in [-0.39, 0.29) is 30.7 Å². The maximum atomic E-state index is 12.0. The largest absolute Gasteiger partial charge is 0.459 e. The third-order valence-electron chi connectivity index (χ3n) is 3.26. The first-order valence-corrected chi connectivity index (χ1v) is 7.51. The minimum Gasteiger partial charge on any atom is -0.459 e. The number of nitrogens with zero attached hydrogens (tertiary/aromatic N) is 1. The Balaban J connectivity index is 2.95. The van der Waals surface area contributed by atoms with Gasteiger partial charge in [-0.25, -0.2) is 0 Å². The van der Waals surface area contributed by atoms with Crippen LogP contribution in [0.5, 0.6) is 0 Å². The Morgan fingerprint density at radius 1 is 1.04 bits per heavy atom. The summed E-state index contributed by atoms with van der Waals surface area (Å²) in [6, 6.07) is 6.56. The van der Waals surface area contributed by atoms with E-state index in [1.54, 1.807) is 24.3 Å². The Kier molecular flexibility index (Phi) is 7.10. The van der Waals surface area contributed by atoms with E-state index < -0.39 is 12.1 Å². The third-order valence-corrected chi connectivity index (χ3v) is 3.26. The molecule has 1 N–H and O–H groups in total. The van der Waals surface area contributed by atoms with E-state index in [0.717, 1.165) is 0 Å². The van der Waals surface area contributed by atoms with Gasteiger partial charge < -0.3 is 15.0 Å². The molecule has 0 saturated heterocycles. The highest BCUT2D eigenvalue weighted by atomic mass is 16.5.